The summed E-state index contributed by atoms with van der Waals surface area (Å²) < 4.78 is 0. The van der Waals surface area contributed by atoms with E-state index in [1.165, 1.54) is 6.92 Å². The van der Waals surface area contributed by atoms with E-state index in [0.717, 1.165) is 11.8 Å². The van der Waals surface area contributed by atoms with Crippen molar-refractivity contribution in [3.05, 3.63) is 30.3 Å². The zero-order chi connectivity index (χ0) is 40.8. The Balaban J connectivity index is 3.22. The summed E-state index contributed by atoms with van der Waals surface area (Å²) in [4.78, 5) is 101. The molecular weight excluding hydrogens is 728 g/mol. The standard InChI is InChI=1S/C34H54N8O11S/c1-19(2)15-24(40-29(47)20(3)36)31(49)42-26(17-54-18-27(44)37-21-9-5-4-6-10-21)33(51)41-25(16-43)32(50)38-22(12-13-28(45)46)30(48)39-23(34(52)53)11-7-8-14-35/h4-6,9-10,19-20,22-26,43H,7-8,11-18,35-36H2,1-3H3,(H,37,44)(H,38,50)(H,39,48)(H,40,47)(H,41,51)(H,42,49)(H,45,46)(H,52,53)/t20-,22-,23-,24-,25-,26-/m0/s1. The minimum Gasteiger partial charge on any atom is -0.481 e. The third-order valence-corrected chi connectivity index (χ3v) is 8.65. The van der Waals surface area contributed by atoms with Crippen LogP contribution in [-0.4, -0.2) is 124 Å². The van der Waals surface area contributed by atoms with Crippen LogP contribution in [0.4, 0.5) is 5.69 Å². The number of carbonyl (C=O) groups excluding carboxylic acids is 6. The Morgan fingerprint density at radius 2 is 1.24 bits per heavy atom. The first kappa shape index (κ1) is 47.2. The van der Waals surface area contributed by atoms with Crippen LogP contribution in [0, 0.1) is 5.92 Å². The maximum Gasteiger partial charge on any atom is 0.326 e. The van der Waals surface area contributed by atoms with Crippen LogP contribution < -0.4 is 43.4 Å². The molecule has 1 aromatic rings. The second kappa shape index (κ2) is 25.3. The second-order valence-electron chi connectivity index (χ2n) is 12.9. The van der Waals surface area contributed by atoms with E-state index in [0.29, 0.717) is 25.1 Å². The SMILES string of the molecule is CC(C)C[C@H](NC(=O)[C@H](C)N)C(=O)N[C@@H](CSCC(=O)Nc1ccccc1)C(=O)N[C@@H](CO)C(=O)N[C@@H](CCC(=O)O)C(=O)N[C@@H](CCCCN)C(=O)O. The van der Waals surface area contributed by atoms with Gasteiger partial charge in [0.2, 0.25) is 35.4 Å². The molecule has 0 aliphatic carbocycles. The van der Waals surface area contributed by atoms with Gasteiger partial charge in [0, 0.05) is 17.9 Å². The highest BCUT2D eigenvalue weighted by Gasteiger charge is 2.33. The highest BCUT2D eigenvalue weighted by atomic mass is 32.2. The fourth-order valence-electron chi connectivity index (χ4n) is 4.75. The van der Waals surface area contributed by atoms with Crippen LogP contribution in [0.3, 0.4) is 0 Å². The molecule has 54 heavy (non-hydrogen) atoms. The zero-order valence-corrected chi connectivity index (χ0v) is 31.5. The van der Waals surface area contributed by atoms with Gasteiger partial charge in [-0.15, -0.1) is 11.8 Å². The molecule has 302 valence electrons. The number of anilines is 1. The van der Waals surface area contributed by atoms with Crippen molar-refractivity contribution in [2.45, 2.75) is 95.5 Å². The van der Waals surface area contributed by atoms with E-state index < -0.39 is 103 Å². The molecule has 0 aromatic heterocycles. The Morgan fingerprint density at radius 3 is 1.80 bits per heavy atom. The van der Waals surface area contributed by atoms with E-state index in [4.69, 9.17) is 11.5 Å². The number of carboxylic acid groups (broad SMARTS) is 2. The Hall–Kier alpha value is -4.79. The van der Waals surface area contributed by atoms with Crippen molar-refractivity contribution in [3.63, 3.8) is 0 Å². The lowest BCUT2D eigenvalue weighted by Gasteiger charge is -2.26. The Morgan fingerprint density at radius 1 is 0.704 bits per heavy atom. The third-order valence-electron chi connectivity index (χ3n) is 7.62. The van der Waals surface area contributed by atoms with Crippen LogP contribution >= 0.6 is 11.8 Å². The normalized spacial score (nSPS) is 14.3. The molecule has 0 fully saturated rings. The molecular formula is C34H54N8O11S. The smallest absolute Gasteiger partial charge is 0.326 e. The average molecular weight is 783 g/mol. The van der Waals surface area contributed by atoms with E-state index in [9.17, 15) is 53.7 Å². The van der Waals surface area contributed by atoms with Gasteiger partial charge in [0.1, 0.15) is 30.2 Å². The lowest BCUT2D eigenvalue weighted by Crippen LogP contribution is -2.60. The van der Waals surface area contributed by atoms with Gasteiger partial charge in [-0.05, 0) is 63.6 Å². The van der Waals surface area contributed by atoms with Crippen LogP contribution in [0.15, 0.2) is 30.3 Å². The van der Waals surface area contributed by atoms with Gasteiger partial charge >= 0.3 is 11.9 Å². The van der Waals surface area contributed by atoms with Gasteiger partial charge < -0.3 is 58.7 Å². The van der Waals surface area contributed by atoms with Crippen LogP contribution in [0.5, 0.6) is 0 Å². The van der Waals surface area contributed by atoms with Crippen LogP contribution in [-0.2, 0) is 38.4 Å². The fourth-order valence-corrected chi connectivity index (χ4v) is 5.59. The van der Waals surface area contributed by atoms with E-state index in [2.05, 4.69) is 31.9 Å². The second-order valence-corrected chi connectivity index (χ2v) is 13.9. The number of aliphatic carboxylic acids is 2. The minimum atomic E-state index is -1.73. The van der Waals surface area contributed by atoms with Gasteiger partial charge in [-0.25, -0.2) is 4.79 Å². The molecule has 0 radical (unpaired) electrons. The topological polar surface area (TPSA) is 321 Å². The lowest BCUT2D eigenvalue weighted by molar-refractivity contribution is -0.143. The first-order valence-corrected chi connectivity index (χ1v) is 18.6. The number of rotatable bonds is 26. The van der Waals surface area contributed by atoms with Gasteiger partial charge in [-0.1, -0.05) is 32.0 Å². The van der Waals surface area contributed by atoms with Gasteiger partial charge in [0.25, 0.3) is 0 Å². The van der Waals surface area contributed by atoms with Crippen molar-refractivity contribution in [1.82, 2.24) is 26.6 Å². The average Bonchev–Trinajstić information content (AvgIpc) is 3.10. The first-order valence-electron chi connectivity index (χ1n) is 17.4. The summed E-state index contributed by atoms with van der Waals surface area (Å²) in [6, 6.07) is 0.422. The van der Waals surface area contributed by atoms with Gasteiger partial charge in [-0.2, -0.15) is 0 Å². The predicted octanol–water partition coefficient (Wildman–Crippen LogP) is -1.75. The molecule has 0 aliphatic rings. The molecule has 13 N–H and O–H groups in total. The summed E-state index contributed by atoms with van der Waals surface area (Å²) in [5.41, 5.74) is 11.7. The van der Waals surface area contributed by atoms with Gasteiger partial charge in [0.15, 0.2) is 0 Å². The molecule has 6 atom stereocenters. The molecule has 0 unspecified atom stereocenters. The molecule has 20 heteroatoms. The first-order chi connectivity index (χ1) is 25.5. The molecule has 0 heterocycles. The van der Waals surface area contributed by atoms with Gasteiger partial charge in [0.05, 0.1) is 18.4 Å². The number of nitrogens with one attached hydrogen (secondary N) is 6. The maximum absolute atomic E-state index is 13.6. The summed E-state index contributed by atoms with van der Waals surface area (Å²) >= 11 is 0.964. The Kier molecular flexibility index (Phi) is 22.1. The number of amides is 6. The monoisotopic (exact) mass is 782 g/mol. The molecule has 0 bridgehead atoms. The van der Waals surface area contributed by atoms with Gasteiger partial charge in [-0.3, -0.25) is 33.6 Å². The number of para-hydroxylation sites is 1. The Bertz CT molecular complexity index is 1420. The number of benzene rings is 1. The summed E-state index contributed by atoms with van der Waals surface area (Å²) in [6.07, 6.45) is -0.0272. The number of hydrogen-bond donors (Lipinski definition) is 11. The molecule has 0 aliphatic heterocycles. The number of carboxylic acids is 2. The molecule has 1 rings (SSSR count). The minimum absolute atomic E-state index is 0.0131. The number of carbonyl (C=O) groups is 8. The fraction of sp³-hybridized carbons (Fsp3) is 0.588. The number of aliphatic hydroxyl groups is 1. The van der Waals surface area contributed by atoms with E-state index in [1.54, 1.807) is 30.3 Å². The molecule has 0 spiro atoms. The van der Waals surface area contributed by atoms with Crippen molar-refractivity contribution in [2.24, 2.45) is 17.4 Å². The predicted molar refractivity (Wildman–Crippen MR) is 200 cm³/mol. The van der Waals surface area contributed by atoms with Crippen LogP contribution in [0.1, 0.15) is 59.3 Å². The zero-order valence-electron chi connectivity index (χ0n) is 30.7. The molecule has 0 saturated heterocycles. The van der Waals surface area contributed by atoms with Crippen LogP contribution in [0.25, 0.3) is 0 Å². The summed E-state index contributed by atoms with van der Waals surface area (Å²) in [7, 11) is 0. The van der Waals surface area contributed by atoms with Crippen molar-refractivity contribution in [1.29, 1.82) is 0 Å². The molecule has 1 aromatic carbocycles. The largest absolute Gasteiger partial charge is 0.481 e. The number of unbranched alkanes of at least 4 members (excludes halogenated alkanes) is 1. The lowest BCUT2D eigenvalue weighted by atomic mass is 10.0. The number of nitrogens with two attached hydrogens (primary N) is 2. The highest BCUT2D eigenvalue weighted by Crippen LogP contribution is 2.11. The van der Waals surface area contributed by atoms with Crippen molar-refractivity contribution in [2.75, 3.05) is 30.0 Å². The molecule has 6 amide bonds. The number of thioether (sulfide) groups is 1. The Labute approximate surface area is 317 Å². The summed E-state index contributed by atoms with van der Waals surface area (Å²) in [6.45, 7) is 4.33. The quantitative estimate of drug-likeness (QED) is 0.0465. The third kappa shape index (κ3) is 18.8. The van der Waals surface area contributed by atoms with E-state index >= 15 is 0 Å². The van der Waals surface area contributed by atoms with Crippen molar-refractivity contribution in [3.8, 4) is 0 Å². The number of hydrogen-bond acceptors (Lipinski definition) is 12. The van der Waals surface area contributed by atoms with Crippen molar-refractivity contribution < 1.29 is 53.7 Å². The summed E-state index contributed by atoms with van der Waals surface area (Å²) in [5.74, 6) is -8.01. The molecule has 19 nitrogen and oxygen atoms in total. The highest BCUT2D eigenvalue weighted by molar-refractivity contribution is 8.00. The van der Waals surface area contributed by atoms with E-state index in [1.807, 2.05) is 13.8 Å². The van der Waals surface area contributed by atoms with E-state index in [-0.39, 0.29) is 30.3 Å². The van der Waals surface area contributed by atoms with Crippen molar-refractivity contribution >= 4 is 64.8 Å². The molecule has 0 saturated carbocycles. The van der Waals surface area contributed by atoms with Crippen LogP contribution in [0.2, 0.25) is 0 Å². The maximum atomic E-state index is 13.6. The number of aliphatic hydroxyl groups excluding tert-OH is 1. The summed E-state index contributed by atoms with van der Waals surface area (Å²) in [5, 5.41) is 43.5.